The minimum Gasteiger partial charge on any atom is -0.394 e. The van der Waals surface area contributed by atoms with Crippen molar-refractivity contribution in [1.82, 2.24) is 0 Å². The Morgan fingerprint density at radius 3 is 1.65 bits per heavy atom. The molecular formula is C12H24O5. The molecule has 2 unspecified atom stereocenters. The quantitative estimate of drug-likeness (QED) is 0.734. The Hall–Kier alpha value is -0.200. The summed E-state index contributed by atoms with van der Waals surface area (Å²) >= 11 is 0. The van der Waals surface area contributed by atoms with Crippen LogP contribution in [0.2, 0.25) is 0 Å². The number of hydrogen-bond acceptors (Lipinski definition) is 5. The van der Waals surface area contributed by atoms with Crippen LogP contribution in [0, 0.1) is 0 Å². The molecule has 2 fully saturated rings. The predicted octanol–water partition coefficient (Wildman–Crippen LogP) is 0.332. The van der Waals surface area contributed by atoms with Gasteiger partial charge >= 0.3 is 0 Å². The first-order valence-electron chi connectivity index (χ1n) is 6.39. The second-order valence-corrected chi connectivity index (χ2v) is 4.25. The van der Waals surface area contributed by atoms with E-state index in [2.05, 4.69) is 0 Å². The zero-order valence-corrected chi connectivity index (χ0v) is 10.3. The highest BCUT2D eigenvalue weighted by molar-refractivity contribution is 4.66. The molecule has 0 spiro atoms. The van der Waals surface area contributed by atoms with E-state index < -0.39 is 0 Å². The molecule has 17 heavy (non-hydrogen) atoms. The van der Waals surface area contributed by atoms with E-state index >= 15 is 0 Å². The lowest BCUT2D eigenvalue weighted by atomic mass is 10.2. The van der Waals surface area contributed by atoms with Crippen molar-refractivity contribution in [3.8, 4) is 0 Å². The molecule has 0 amide bonds. The molecule has 0 bridgehead atoms. The normalized spacial score (nSPS) is 27.9. The molecule has 5 heteroatoms. The molecule has 2 atom stereocenters. The number of ether oxygens (including phenoxy) is 3. The smallest absolute Gasteiger partial charge is 0.0809 e. The Morgan fingerprint density at radius 1 is 0.882 bits per heavy atom. The Morgan fingerprint density at radius 2 is 1.35 bits per heavy atom. The Bertz CT molecular complexity index is 146. The Kier molecular flexibility index (Phi) is 8.56. The van der Waals surface area contributed by atoms with Gasteiger partial charge in [-0.3, -0.25) is 0 Å². The van der Waals surface area contributed by atoms with E-state index in [9.17, 15) is 0 Å². The van der Waals surface area contributed by atoms with Crippen LogP contribution >= 0.6 is 0 Å². The largest absolute Gasteiger partial charge is 0.394 e. The Balaban J connectivity index is 0.000000317. The number of hydrogen-bond donors (Lipinski definition) is 2. The number of aliphatic hydroxyl groups excluding tert-OH is 2. The van der Waals surface area contributed by atoms with Gasteiger partial charge in [0.05, 0.1) is 38.6 Å². The summed E-state index contributed by atoms with van der Waals surface area (Å²) in [6.07, 6.45) is 5.39. The maximum Gasteiger partial charge on any atom is 0.0809 e. The summed E-state index contributed by atoms with van der Waals surface area (Å²) in [6.45, 7) is 3.07. The van der Waals surface area contributed by atoms with Gasteiger partial charge < -0.3 is 24.4 Å². The summed E-state index contributed by atoms with van der Waals surface area (Å²) < 4.78 is 16.5. The summed E-state index contributed by atoms with van der Waals surface area (Å²) in [5, 5.41) is 15.2. The minimum absolute atomic E-state index is 0.125. The molecule has 2 heterocycles. The van der Waals surface area contributed by atoms with Gasteiger partial charge in [0.25, 0.3) is 0 Å². The van der Waals surface area contributed by atoms with Gasteiger partial charge in [-0.15, -0.1) is 0 Å². The minimum atomic E-state index is -0.125. The predicted molar refractivity (Wildman–Crippen MR) is 62.9 cm³/mol. The van der Waals surface area contributed by atoms with E-state index in [0.29, 0.717) is 12.2 Å². The third-order valence-electron chi connectivity index (χ3n) is 2.76. The molecule has 2 N–H and O–H groups in total. The monoisotopic (exact) mass is 248 g/mol. The van der Waals surface area contributed by atoms with Crippen LogP contribution in [0.5, 0.6) is 0 Å². The summed E-state index contributed by atoms with van der Waals surface area (Å²) in [6, 6.07) is 0. The fourth-order valence-electron chi connectivity index (χ4n) is 1.88. The molecule has 0 aromatic rings. The van der Waals surface area contributed by atoms with Crippen LogP contribution in [0.3, 0.4) is 0 Å². The molecule has 2 rings (SSSR count). The highest BCUT2D eigenvalue weighted by Gasteiger charge is 2.18. The fourth-order valence-corrected chi connectivity index (χ4v) is 1.88. The molecule has 2 saturated heterocycles. The molecule has 0 aliphatic carbocycles. The highest BCUT2D eigenvalue weighted by atomic mass is 16.6. The zero-order chi connectivity index (χ0) is 12.3. The lowest BCUT2D eigenvalue weighted by Crippen LogP contribution is -2.20. The highest BCUT2D eigenvalue weighted by Crippen LogP contribution is 2.14. The molecule has 102 valence electrons. The van der Waals surface area contributed by atoms with Crippen molar-refractivity contribution in [3.63, 3.8) is 0 Å². The molecular weight excluding hydrogens is 224 g/mol. The van der Waals surface area contributed by atoms with Crippen LogP contribution in [-0.4, -0.2) is 62.1 Å². The molecule has 0 radical (unpaired) electrons. The average Bonchev–Trinajstić information content (AvgIpc) is 3.02. The van der Waals surface area contributed by atoms with E-state index in [4.69, 9.17) is 24.4 Å². The first-order chi connectivity index (χ1) is 8.36. The van der Waals surface area contributed by atoms with Crippen molar-refractivity contribution < 1.29 is 24.4 Å². The van der Waals surface area contributed by atoms with Gasteiger partial charge in [0.2, 0.25) is 0 Å². The second-order valence-electron chi connectivity index (χ2n) is 4.25. The van der Waals surface area contributed by atoms with Crippen molar-refractivity contribution in [2.45, 2.75) is 37.9 Å². The summed E-state index contributed by atoms with van der Waals surface area (Å²) in [5.41, 5.74) is 0. The number of aliphatic hydroxyl groups is 2. The van der Waals surface area contributed by atoms with E-state index in [-0.39, 0.29) is 13.2 Å². The van der Waals surface area contributed by atoms with Gasteiger partial charge in [-0.1, -0.05) is 0 Å². The Labute approximate surface area is 103 Å². The number of rotatable bonds is 5. The molecule has 0 saturated carbocycles. The molecule has 2 aliphatic heterocycles. The van der Waals surface area contributed by atoms with Gasteiger partial charge in [0.15, 0.2) is 0 Å². The molecule has 2 aliphatic rings. The zero-order valence-electron chi connectivity index (χ0n) is 10.3. The van der Waals surface area contributed by atoms with Crippen LogP contribution < -0.4 is 0 Å². The molecule has 0 aromatic carbocycles. The van der Waals surface area contributed by atoms with E-state index in [0.717, 1.165) is 39.3 Å². The maximum atomic E-state index is 7.62. The van der Waals surface area contributed by atoms with Crippen LogP contribution in [-0.2, 0) is 14.2 Å². The summed E-state index contributed by atoms with van der Waals surface area (Å²) in [7, 11) is 0. The van der Waals surface area contributed by atoms with Crippen molar-refractivity contribution in [3.05, 3.63) is 0 Å². The van der Waals surface area contributed by atoms with E-state index in [1.807, 2.05) is 0 Å². The van der Waals surface area contributed by atoms with Crippen molar-refractivity contribution in [2.75, 3.05) is 39.6 Å². The first-order valence-corrected chi connectivity index (χ1v) is 6.39. The van der Waals surface area contributed by atoms with Gasteiger partial charge in [-0.25, -0.2) is 0 Å². The van der Waals surface area contributed by atoms with Crippen molar-refractivity contribution in [2.24, 2.45) is 0 Å². The topological polar surface area (TPSA) is 68.2 Å². The molecule has 0 aromatic heterocycles. The van der Waals surface area contributed by atoms with Gasteiger partial charge in [0.1, 0.15) is 0 Å². The average molecular weight is 248 g/mol. The SMILES string of the molecule is C1COC(COCC2CCCO2)C1.OCCO. The lowest BCUT2D eigenvalue weighted by Gasteiger charge is -2.13. The fraction of sp³-hybridized carbons (Fsp3) is 1.00. The van der Waals surface area contributed by atoms with Crippen molar-refractivity contribution >= 4 is 0 Å². The van der Waals surface area contributed by atoms with E-state index in [1.54, 1.807) is 0 Å². The third kappa shape index (κ3) is 6.95. The standard InChI is InChI=1S/C10H18O3.C2H6O2/c1-3-9(12-5-1)7-11-8-10-4-2-6-13-10;3-1-2-4/h9-10H,1-8H2;3-4H,1-2H2. The first kappa shape index (κ1) is 14.9. The van der Waals surface area contributed by atoms with Gasteiger partial charge in [-0.2, -0.15) is 0 Å². The summed E-state index contributed by atoms with van der Waals surface area (Å²) in [4.78, 5) is 0. The molecule has 5 nitrogen and oxygen atoms in total. The van der Waals surface area contributed by atoms with Crippen molar-refractivity contribution in [1.29, 1.82) is 0 Å². The van der Waals surface area contributed by atoms with Gasteiger partial charge in [0, 0.05) is 13.2 Å². The van der Waals surface area contributed by atoms with E-state index in [1.165, 1.54) is 12.8 Å². The van der Waals surface area contributed by atoms with Crippen LogP contribution in [0.25, 0.3) is 0 Å². The maximum absolute atomic E-state index is 7.62. The van der Waals surface area contributed by atoms with Crippen LogP contribution in [0.1, 0.15) is 25.7 Å². The van der Waals surface area contributed by atoms with Gasteiger partial charge in [-0.05, 0) is 25.7 Å². The van der Waals surface area contributed by atoms with Crippen LogP contribution in [0.4, 0.5) is 0 Å². The summed E-state index contributed by atoms with van der Waals surface area (Å²) in [5.74, 6) is 0. The third-order valence-corrected chi connectivity index (χ3v) is 2.76. The van der Waals surface area contributed by atoms with Crippen LogP contribution in [0.15, 0.2) is 0 Å². The lowest BCUT2D eigenvalue weighted by molar-refractivity contribution is -0.0245. The second kappa shape index (κ2) is 9.79.